The Hall–Kier alpha value is -15.3. The van der Waals surface area contributed by atoms with E-state index in [1.807, 2.05) is 140 Å². The van der Waals surface area contributed by atoms with Gasteiger partial charge in [-0.05, 0) is 171 Å². The fourth-order valence-corrected chi connectivity index (χ4v) is 19.9. The summed E-state index contributed by atoms with van der Waals surface area (Å²) in [6.07, 6.45) is 12.3. The molecule has 0 bridgehead atoms. The van der Waals surface area contributed by atoms with E-state index in [1.54, 1.807) is 137 Å². The number of halogens is 5. The van der Waals surface area contributed by atoms with Gasteiger partial charge in [0.15, 0.2) is 22.7 Å². The van der Waals surface area contributed by atoms with Crippen LogP contribution in [-0.4, -0.2) is 182 Å². The van der Waals surface area contributed by atoms with Crippen LogP contribution >= 0.6 is 23.2 Å². The van der Waals surface area contributed by atoms with Gasteiger partial charge in [-0.25, -0.2) is 24.7 Å². The molecule has 2 aliphatic carbocycles. The number of hydrogen-bond donors (Lipinski definition) is 1. The SMILES string of the molecule is CCc1ccc(C(=O)N2CCN3C(=O)c4ccccc4C23c2ccc(Cl)cc2)cn1.O=C(Oc1ccc(C23c4ccccc4C(=O)N2CCN3C(=O)c2ccc(F)nc2)cc1)c1ccc(F)nc1.O=C(c1ccc(F)nc1)N1CCN2C(=O)c3ccccc3C12c1ccc(OCC2CC2)cc1.O=C(c1ccc(NC2CC2)nc1)N1CCN2C(=O)c3ccccc3C12c1ccc(Cl)cc1. The number of ether oxygens (including phenoxy) is 2. The summed E-state index contributed by atoms with van der Waals surface area (Å²) in [5, 5.41) is 4.56. The Kier molecular flexibility index (Phi) is 22.3. The molecule has 4 atom stereocenters. The molecule has 664 valence electrons. The molecule has 4 saturated heterocycles. The van der Waals surface area contributed by atoms with Crippen molar-refractivity contribution in [3.63, 3.8) is 0 Å². The van der Waals surface area contributed by atoms with Crippen LogP contribution in [0.5, 0.6) is 11.5 Å². The van der Waals surface area contributed by atoms with Gasteiger partial charge in [-0.3, -0.25) is 43.3 Å². The second-order valence-corrected chi connectivity index (χ2v) is 34.5. The predicted molar refractivity (Wildman–Crippen MR) is 483 cm³/mol. The molecule has 5 aromatic heterocycles. The number of carbonyl (C=O) groups excluding carboxylic acids is 9. The first-order valence-corrected chi connectivity index (χ1v) is 44.4. The highest BCUT2D eigenvalue weighted by Gasteiger charge is 2.64. The van der Waals surface area contributed by atoms with Crippen LogP contribution in [0.1, 0.15) is 176 Å². The summed E-state index contributed by atoms with van der Waals surface area (Å²) in [5.74, 6) is -1.84. The summed E-state index contributed by atoms with van der Waals surface area (Å²) in [7, 11) is 0. The minimum absolute atomic E-state index is 0.0599. The van der Waals surface area contributed by atoms with Crippen molar-refractivity contribution in [2.75, 3.05) is 64.3 Å². The molecule has 1 N–H and O–H groups in total. The number of amides is 8. The van der Waals surface area contributed by atoms with E-state index < -0.39 is 52.4 Å². The average Bonchev–Trinajstić information content (AvgIpc) is 1.54. The molecule has 8 aromatic carbocycles. The van der Waals surface area contributed by atoms with Crippen LogP contribution in [-0.2, 0) is 29.1 Å². The zero-order valence-corrected chi connectivity index (χ0v) is 72.9. The minimum Gasteiger partial charge on any atom is -0.493 e. The molecule has 2 saturated carbocycles. The van der Waals surface area contributed by atoms with E-state index in [4.69, 9.17) is 32.7 Å². The third-order valence-corrected chi connectivity index (χ3v) is 26.6. The summed E-state index contributed by atoms with van der Waals surface area (Å²) in [4.78, 5) is 154. The molecule has 23 rings (SSSR count). The maximum absolute atomic E-state index is 13.8. The van der Waals surface area contributed by atoms with Gasteiger partial charge in [0.25, 0.3) is 47.3 Å². The molecule has 133 heavy (non-hydrogen) atoms. The Morgan fingerprint density at radius 1 is 0.361 bits per heavy atom. The van der Waals surface area contributed by atoms with Crippen LogP contribution in [0.3, 0.4) is 0 Å². The number of nitrogens with zero attached hydrogens (tertiary/aromatic N) is 13. The Labute approximate surface area is 771 Å². The normalized spacial score (nSPS) is 20.0. The van der Waals surface area contributed by atoms with Gasteiger partial charge in [0.05, 0.1) is 34.4 Å². The van der Waals surface area contributed by atoms with Crippen molar-refractivity contribution in [2.24, 2.45) is 5.92 Å². The number of fused-ring (bicyclic) bond motifs is 12. The standard InChI is InChI=1S/C28H18F2N4O4.C26H22FN3O3.C25H21ClN4O2.C24H20ClN3O2/c29-23-11-5-17(15-31-23)25(35)33-13-14-34-26(36)21-3-1-2-4-22(21)28(33,34)19-7-9-20(10-8-19)38-27(37)18-6-12-24(30)32-16-18;27-23-12-7-18(15-28-23)24(31)29-13-14-30-25(32)21-3-1-2-4-22(21)26(29,30)19-8-10-20(11-9-19)33-16-17-5-6-17;26-18-8-6-17(7-9-18)25-21-4-2-1-3-20(21)24(32)30(25)14-13-29(25)23(31)16-5-12-22(27-15-16)28-19-10-11-19;1-2-19-12-7-16(15-26-19)22(29)27-13-14-28-23(30)20-5-3-4-6-21(20)24(27,28)17-8-10-18(25)11-9-17/h1-12,15-16H,13-14H2;1-4,7-12,15,17H,5-6,13-14,16H2;1-9,12,15,19H,10-11,13-14H2,(H,27,28);3-12,15H,2,13-14H2,1H3. The molecule has 0 spiro atoms. The Bertz CT molecular complexity index is 6810. The Morgan fingerprint density at radius 3 is 0.985 bits per heavy atom. The minimum atomic E-state index is -1.26. The van der Waals surface area contributed by atoms with Crippen molar-refractivity contribution in [3.8, 4) is 11.5 Å². The van der Waals surface area contributed by atoms with Crippen LogP contribution in [0.25, 0.3) is 0 Å². The highest BCUT2D eigenvalue weighted by Crippen LogP contribution is 2.56. The van der Waals surface area contributed by atoms with Crippen molar-refractivity contribution in [2.45, 2.75) is 67.7 Å². The molecular formula is C103H81Cl2F3N14O11. The van der Waals surface area contributed by atoms with Gasteiger partial charge in [-0.1, -0.05) is 151 Å². The molecule has 8 amide bonds. The smallest absolute Gasteiger partial charge is 0.345 e. The van der Waals surface area contributed by atoms with Gasteiger partial charge in [0.2, 0.25) is 17.8 Å². The van der Waals surface area contributed by atoms with E-state index in [2.05, 4.69) is 30.2 Å². The summed E-state index contributed by atoms with van der Waals surface area (Å²) in [5.41, 5.74) is 6.60. The van der Waals surface area contributed by atoms with Gasteiger partial charge in [-0.2, -0.15) is 13.2 Å². The lowest BCUT2D eigenvalue weighted by molar-refractivity contribution is 0.0361. The maximum atomic E-state index is 13.8. The van der Waals surface area contributed by atoms with Crippen LogP contribution in [0, 0.1) is 23.8 Å². The first-order chi connectivity index (χ1) is 64.6. The molecule has 10 aliphatic rings. The first kappa shape index (κ1) is 85.8. The topological polar surface area (TPSA) is 274 Å². The molecule has 13 aromatic rings. The molecule has 0 radical (unpaired) electrons. The number of aryl methyl sites for hydroxylation is 1. The fraction of sp³-hybridized carbons (Fsp3) is 0.204. The molecule has 13 heterocycles. The number of anilines is 1. The van der Waals surface area contributed by atoms with Gasteiger partial charge in [0, 0.05) is 172 Å². The third kappa shape index (κ3) is 14.7. The second-order valence-electron chi connectivity index (χ2n) is 33.6. The summed E-state index contributed by atoms with van der Waals surface area (Å²) < 4.78 is 51.2. The molecule has 8 aliphatic heterocycles. The molecule has 6 fully saturated rings. The van der Waals surface area contributed by atoms with E-state index in [0.29, 0.717) is 112 Å². The summed E-state index contributed by atoms with van der Waals surface area (Å²) in [6, 6.07) is 73.7. The number of carbonyl (C=O) groups is 9. The predicted octanol–water partition coefficient (Wildman–Crippen LogP) is 15.8. The number of pyridine rings is 5. The highest BCUT2D eigenvalue weighted by molar-refractivity contribution is 6.31. The fourth-order valence-electron chi connectivity index (χ4n) is 19.7. The number of rotatable bonds is 16. The monoisotopic (exact) mass is 1820 g/mol. The number of benzene rings is 8. The van der Waals surface area contributed by atoms with E-state index in [9.17, 15) is 56.3 Å². The molecule has 30 heteroatoms. The van der Waals surface area contributed by atoms with Crippen LogP contribution in [0.2, 0.25) is 10.0 Å². The van der Waals surface area contributed by atoms with E-state index in [-0.39, 0.29) is 76.9 Å². The van der Waals surface area contributed by atoms with Crippen LogP contribution in [0.15, 0.2) is 286 Å². The Morgan fingerprint density at radius 2 is 0.677 bits per heavy atom. The number of nitrogens with one attached hydrogen (secondary N) is 1. The zero-order valence-electron chi connectivity index (χ0n) is 71.4. The van der Waals surface area contributed by atoms with E-state index in [1.165, 1.54) is 49.5 Å². The lowest BCUT2D eigenvalue weighted by Crippen LogP contribution is -2.51. The first-order valence-electron chi connectivity index (χ1n) is 43.7. The van der Waals surface area contributed by atoms with Crippen molar-refractivity contribution in [3.05, 3.63) is 414 Å². The second kappa shape index (κ2) is 34.5. The van der Waals surface area contributed by atoms with Gasteiger partial charge in [0.1, 0.15) is 17.3 Å². The lowest BCUT2D eigenvalue weighted by atomic mass is 9.89. The van der Waals surface area contributed by atoms with Crippen LogP contribution < -0.4 is 14.8 Å². The van der Waals surface area contributed by atoms with Crippen molar-refractivity contribution in [1.29, 1.82) is 0 Å². The van der Waals surface area contributed by atoms with E-state index in [0.717, 1.165) is 88.2 Å². The summed E-state index contributed by atoms with van der Waals surface area (Å²) >= 11 is 12.3. The van der Waals surface area contributed by atoms with Gasteiger partial charge in [-0.15, -0.1) is 0 Å². The van der Waals surface area contributed by atoms with Crippen molar-refractivity contribution >= 4 is 82.2 Å². The van der Waals surface area contributed by atoms with Crippen molar-refractivity contribution < 1.29 is 65.8 Å². The van der Waals surface area contributed by atoms with Crippen LogP contribution in [0.4, 0.5) is 19.0 Å². The Balaban J connectivity index is 0.000000111. The molecular weight excluding hydrogens is 1740 g/mol. The van der Waals surface area contributed by atoms with Gasteiger partial charge >= 0.3 is 5.97 Å². The average molecular weight is 1820 g/mol. The number of hydrogen-bond acceptors (Lipinski definition) is 17. The third-order valence-electron chi connectivity index (χ3n) is 26.1. The van der Waals surface area contributed by atoms with Gasteiger partial charge < -0.3 is 54.0 Å². The van der Waals surface area contributed by atoms with E-state index >= 15 is 0 Å². The lowest BCUT2D eigenvalue weighted by Gasteiger charge is -2.40. The summed E-state index contributed by atoms with van der Waals surface area (Å²) in [6.45, 7) is 5.80. The maximum Gasteiger partial charge on any atom is 0.345 e. The number of aromatic nitrogens is 5. The quantitative estimate of drug-likeness (QED) is 0.0535. The highest BCUT2D eigenvalue weighted by atomic mass is 35.5. The zero-order chi connectivity index (χ0) is 91.8. The molecule has 25 nitrogen and oxygen atoms in total. The molecule has 4 unspecified atom stereocenters. The van der Waals surface area contributed by atoms with Crippen molar-refractivity contribution in [1.82, 2.24) is 64.1 Å². The largest absolute Gasteiger partial charge is 0.493 e. The number of esters is 1.